The van der Waals surface area contributed by atoms with Crippen LogP contribution in [0.3, 0.4) is 0 Å². The molecule has 1 aromatic carbocycles. The summed E-state index contributed by atoms with van der Waals surface area (Å²) in [6, 6.07) is 11.4. The van der Waals surface area contributed by atoms with Crippen molar-refractivity contribution in [2.24, 2.45) is 0 Å². The van der Waals surface area contributed by atoms with Crippen LogP contribution in [0.25, 0.3) is 11.3 Å². The van der Waals surface area contributed by atoms with Crippen molar-refractivity contribution in [3.8, 4) is 11.3 Å². The molecule has 8 heteroatoms. The van der Waals surface area contributed by atoms with Gasteiger partial charge >= 0.3 is 17.4 Å². The van der Waals surface area contributed by atoms with Crippen LogP contribution in [0.4, 0.5) is 5.69 Å². The topological polar surface area (TPSA) is 69.9 Å². The Morgan fingerprint density at radius 3 is 2.85 bits per heavy atom. The van der Waals surface area contributed by atoms with Crippen LogP contribution in [0, 0.1) is 0 Å². The summed E-state index contributed by atoms with van der Waals surface area (Å²) >= 11 is 2.91. The minimum absolute atomic E-state index is 0.0122. The van der Waals surface area contributed by atoms with Crippen LogP contribution in [0.1, 0.15) is 24.4 Å². The molecule has 3 aromatic rings. The van der Waals surface area contributed by atoms with E-state index in [0.29, 0.717) is 22.8 Å². The van der Waals surface area contributed by atoms with Gasteiger partial charge in [-0.25, -0.2) is 4.90 Å². The zero-order chi connectivity index (χ0) is 18.3. The monoisotopic (exact) mass is 385 g/mol. The Hall–Kier alpha value is -2.45. The molecule has 1 N–H and O–H groups in total. The number of thioether (sulfide) groups is 1. The number of aromatic amines is 1. The molecule has 4 rings (SSSR count). The fraction of sp³-hybridized carbons (Fsp3) is 0.222. The van der Waals surface area contributed by atoms with Crippen LogP contribution >= 0.6 is 23.1 Å². The van der Waals surface area contributed by atoms with Crippen molar-refractivity contribution in [3.63, 3.8) is 0 Å². The quantitative estimate of drug-likeness (QED) is 0.556. The molecule has 3 heterocycles. The van der Waals surface area contributed by atoms with E-state index in [-0.39, 0.29) is 11.5 Å². The van der Waals surface area contributed by atoms with Gasteiger partial charge in [-0.2, -0.15) is 0 Å². The summed E-state index contributed by atoms with van der Waals surface area (Å²) in [7, 11) is 0. The minimum atomic E-state index is -0.472. The molecular weight excluding hydrogens is 368 g/mol. The molecule has 0 unspecified atom stereocenters. The van der Waals surface area contributed by atoms with Gasteiger partial charge in [0.2, 0.25) is 11.1 Å². The first-order chi connectivity index (χ1) is 12.7. The van der Waals surface area contributed by atoms with E-state index in [2.05, 4.69) is 10.1 Å². The first kappa shape index (κ1) is 17.0. The van der Waals surface area contributed by atoms with Gasteiger partial charge in [-0.1, -0.05) is 36.9 Å². The molecule has 0 bridgehead atoms. The van der Waals surface area contributed by atoms with E-state index in [4.69, 9.17) is 0 Å². The summed E-state index contributed by atoms with van der Waals surface area (Å²) in [5, 5.41) is 7.12. The predicted molar refractivity (Wildman–Crippen MR) is 103 cm³/mol. The number of thiophene rings is 1. The molecule has 0 aliphatic carbocycles. The molecule has 0 saturated carbocycles. The molecule has 1 aliphatic rings. The maximum Gasteiger partial charge on any atom is 0.325 e. The number of fused-ring (bicyclic) bond motifs is 3. The van der Waals surface area contributed by atoms with Crippen LogP contribution in [-0.2, 0) is 4.79 Å². The van der Waals surface area contributed by atoms with E-state index in [1.165, 1.54) is 11.8 Å². The second kappa shape index (κ2) is 6.69. The summed E-state index contributed by atoms with van der Waals surface area (Å²) in [6.07, 6.45) is 1.75. The van der Waals surface area contributed by atoms with Gasteiger partial charge in [0.05, 0.1) is 16.1 Å². The van der Waals surface area contributed by atoms with Crippen molar-refractivity contribution in [2.45, 2.75) is 24.7 Å². The lowest BCUT2D eigenvalue weighted by Crippen LogP contribution is -2.60. The Bertz CT molecular complexity index is 1030. The highest BCUT2D eigenvalue weighted by atomic mass is 32.2. The SMILES string of the molecule is CCC(=O)N1c2ccccc2-c2c(=O)[nH]c(SC)n[n+]2[C@H]1c1cccs1. The van der Waals surface area contributed by atoms with Crippen LogP contribution in [-0.4, -0.2) is 22.2 Å². The van der Waals surface area contributed by atoms with Crippen LogP contribution in [0.2, 0.25) is 0 Å². The zero-order valence-electron chi connectivity index (χ0n) is 14.3. The van der Waals surface area contributed by atoms with E-state index in [0.717, 1.165) is 10.6 Å². The molecule has 0 radical (unpaired) electrons. The van der Waals surface area contributed by atoms with Crippen molar-refractivity contribution >= 4 is 34.7 Å². The number of nitrogens with zero attached hydrogens (tertiary/aromatic N) is 3. The van der Waals surface area contributed by atoms with Gasteiger partial charge in [-0.3, -0.25) is 14.6 Å². The van der Waals surface area contributed by atoms with Crippen molar-refractivity contribution in [1.82, 2.24) is 10.1 Å². The molecule has 1 amide bonds. The summed E-state index contributed by atoms with van der Waals surface area (Å²) in [6.45, 7) is 1.84. The average Bonchev–Trinajstić information content (AvgIpc) is 3.20. The normalized spacial score (nSPS) is 15.5. The van der Waals surface area contributed by atoms with E-state index in [1.54, 1.807) is 20.9 Å². The van der Waals surface area contributed by atoms with E-state index in [9.17, 15) is 9.59 Å². The minimum Gasteiger partial charge on any atom is -0.291 e. The maximum absolute atomic E-state index is 12.9. The fourth-order valence-corrected chi connectivity index (χ4v) is 4.36. The highest BCUT2D eigenvalue weighted by Gasteiger charge is 2.45. The standard InChI is InChI=1S/C18H16N4O2S2/c1-3-14(23)21-12-8-5-4-7-11(12)15-16(24)19-18(25-2)20-22(15)17(21)13-9-6-10-26-13/h4-10,17H,3H2,1-2H3/p+1/t17-/m0/s1. The smallest absolute Gasteiger partial charge is 0.291 e. The van der Waals surface area contributed by atoms with Crippen LogP contribution < -0.4 is 15.1 Å². The number of carbonyl (C=O) groups is 1. The number of para-hydroxylation sites is 1. The number of carbonyl (C=O) groups excluding carboxylic acids is 1. The third kappa shape index (κ3) is 2.57. The first-order valence-electron chi connectivity index (χ1n) is 8.20. The van der Waals surface area contributed by atoms with Gasteiger partial charge in [0.15, 0.2) is 0 Å². The van der Waals surface area contributed by atoms with Gasteiger partial charge in [0, 0.05) is 11.5 Å². The second-order valence-corrected chi connectivity index (χ2v) is 7.55. The lowest BCUT2D eigenvalue weighted by atomic mass is 10.0. The van der Waals surface area contributed by atoms with Crippen molar-refractivity contribution in [1.29, 1.82) is 0 Å². The number of aromatic nitrogens is 3. The lowest BCUT2D eigenvalue weighted by molar-refractivity contribution is -0.762. The number of amides is 1. The summed E-state index contributed by atoms with van der Waals surface area (Å²) in [5.41, 5.74) is 1.71. The Kier molecular flexibility index (Phi) is 4.37. The van der Waals surface area contributed by atoms with Crippen molar-refractivity contribution in [2.75, 3.05) is 11.2 Å². The number of benzene rings is 1. The number of H-pyrrole nitrogens is 1. The number of rotatable bonds is 3. The molecule has 1 atom stereocenters. The molecule has 1 aliphatic heterocycles. The van der Waals surface area contributed by atoms with E-state index < -0.39 is 6.17 Å². The highest BCUT2D eigenvalue weighted by Crippen LogP contribution is 2.38. The molecule has 2 aromatic heterocycles. The van der Waals surface area contributed by atoms with Gasteiger partial charge in [-0.05, 0) is 34.5 Å². The Labute approximate surface area is 158 Å². The number of nitrogens with one attached hydrogen (secondary N) is 1. The van der Waals surface area contributed by atoms with Gasteiger partial charge in [0.25, 0.3) is 0 Å². The Balaban J connectivity index is 2.09. The zero-order valence-corrected chi connectivity index (χ0v) is 15.9. The van der Waals surface area contributed by atoms with Gasteiger partial charge < -0.3 is 0 Å². The largest absolute Gasteiger partial charge is 0.325 e. The number of hydrogen-bond donors (Lipinski definition) is 1. The third-order valence-electron chi connectivity index (χ3n) is 4.32. The number of hydrogen-bond acceptors (Lipinski definition) is 5. The number of anilines is 1. The molecule has 0 saturated heterocycles. The van der Waals surface area contributed by atoms with Crippen molar-refractivity contribution < 1.29 is 9.48 Å². The Morgan fingerprint density at radius 1 is 1.35 bits per heavy atom. The molecular formula is C18H17N4O2S2+. The van der Waals surface area contributed by atoms with Crippen LogP contribution in [0.5, 0.6) is 0 Å². The first-order valence-corrected chi connectivity index (χ1v) is 10.3. The van der Waals surface area contributed by atoms with Gasteiger partial charge in [-0.15, -0.1) is 11.3 Å². The van der Waals surface area contributed by atoms with Crippen molar-refractivity contribution in [3.05, 3.63) is 57.0 Å². The molecule has 132 valence electrons. The molecule has 6 nitrogen and oxygen atoms in total. The molecule has 0 spiro atoms. The second-order valence-electron chi connectivity index (χ2n) is 5.78. The van der Waals surface area contributed by atoms with Crippen LogP contribution in [0.15, 0.2) is 51.7 Å². The molecule has 0 fully saturated rings. The third-order valence-corrected chi connectivity index (χ3v) is 5.80. The van der Waals surface area contributed by atoms with E-state index in [1.807, 2.05) is 55.0 Å². The fourth-order valence-electron chi connectivity index (χ4n) is 3.20. The maximum atomic E-state index is 12.9. The highest BCUT2D eigenvalue weighted by molar-refractivity contribution is 7.98. The average molecular weight is 385 g/mol. The summed E-state index contributed by atoms with van der Waals surface area (Å²) in [4.78, 5) is 31.3. The summed E-state index contributed by atoms with van der Waals surface area (Å²) in [5.74, 6) is -0.0122. The van der Waals surface area contributed by atoms with E-state index >= 15 is 0 Å². The summed E-state index contributed by atoms with van der Waals surface area (Å²) < 4.78 is 1.69. The van der Waals surface area contributed by atoms with Gasteiger partial charge in [0.1, 0.15) is 0 Å². The molecule has 26 heavy (non-hydrogen) atoms. The predicted octanol–water partition coefficient (Wildman–Crippen LogP) is 2.81. The lowest BCUT2D eigenvalue weighted by Gasteiger charge is -2.31. The Morgan fingerprint density at radius 2 is 2.15 bits per heavy atom.